The van der Waals surface area contributed by atoms with Gasteiger partial charge in [0.1, 0.15) is 5.69 Å². The molecule has 0 fully saturated rings. The molecular weight excluding hydrogens is 304 g/mol. The Hall–Kier alpha value is -2.18. The first-order valence-corrected chi connectivity index (χ1v) is 8.06. The van der Waals surface area contributed by atoms with Crippen LogP contribution in [0.25, 0.3) is 16.7 Å². The van der Waals surface area contributed by atoms with Gasteiger partial charge in [0.05, 0.1) is 11.4 Å². The predicted molar refractivity (Wildman–Crippen MR) is 85.0 cm³/mol. The van der Waals surface area contributed by atoms with Gasteiger partial charge < -0.3 is 9.84 Å². The summed E-state index contributed by atoms with van der Waals surface area (Å²) in [6.45, 7) is 0.350. The number of rotatable bonds is 5. The van der Waals surface area contributed by atoms with Gasteiger partial charge >= 0.3 is 0 Å². The van der Waals surface area contributed by atoms with Crippen LogP contribution in [0, 0.1) is 0 Å². The van der Waals surface area contributed by atoms with Crippen molar-refractivity contribution >= 4 is 34.7 Å². The molecule has 1 amide bonds. The second kappa shape index (κ2) is 6.51. The monoisotopic (exact) mass is 316 g/mol. The molecule has 0 bridgehead atoms. The second-order valence-electron chi connectivity index (χ2n) is 4.23. The summed E-state index contributed by atoms with van der Waals surface area (Å²) in [7, 11) is 0. The molecule has 0 aliphatic rings. The van der Waals surface area contributed by atoms with Crippen LogP contribution in [-0.2, 0) is 11.3 Å². The third kappa shape index (κ3) is 3.68. The highest BCUT2D eigenvalue weighted by Crippen LogP contribution is 2.24. The van der Waals surface area contributed by atoms with Crippen molar-refractivity contribution in [2.24, 2.45) is 0 Å². The first-order chi connectivity index (χ1) is 10.3. The van der Waals surface area contributed by atoms with Gasteiger partial charge in [-0.1, -0.05) is 17.3 Å². The van der Waals surface area contributed by atoms with Crippen LogP contribution in [0.2, 0.25) is 0 Å². The lowest BCUT2D eigenvalue weighted by atomic mass is 10.3. The molecule has 1 N–H and O–H groups in total. The van der Waals surface area contributed by atoms with E-state index in [4.69, 9.17) is 4.52 Å². The number of amides is 1. The van der Waals surface area contributed by atoms with E-state index in [1.807, 2.05) is 41.1 Å². The van der Waals surface area contributed by atoms with E-state index >= 15 is 0 Å². The van der Waals surface area contributed by atoms with Crippen molar-refractivity contribution in [3.8, 4) is 10.6 Å². The van der Waals surface area contributed by atoms with E-state index in [9.17, 15) is 4.79 Å². The van der Waals surface area contributed by atoms with Crippen LogP contribution in [-0.4, -0.2) is 11.1 Å². The molecule has 0 unspecified atom stereocenters. The third-order valence-corrected chi connectivity index (χ3v) is 4.43. The summed E-state index contributed by atoms with van der Waals surface area (Å²) in [5.74, 6) is 0.576. The molecule has 3 aromatic rings. The number of nitrogens with one attached hydrogen (secondary N) is 1. The average molecular weight is 316 g/mol. The quantitative estimate of drug-likeness (QED) is 0.729. The highest BCUT2D eigenvalue weighted by Gasteiger charge is 2.07. The molecule has 0 atom stereocenters. The fourth-order valence-electron chi connectivity index (χ4n) is 1.71. The van der Waals surface area contributed by atoms with Gasteiger partial charge in [0, 0.05) is 17.0 Å². The SMILES string of the molecule is O=C(/C=C/c1cccs1)NCc1cc(-c2cccs2)on1. The molecular formula is C15H12N2O2S2. The van der Waals surface area contributed by atoms with Crippen molar-refractivity contribution in [3.63, 3.8) is 0 Å². The number of thiophene rings is 2. The van der Waals surface area contributed by atoms with Crippen molar-refractivity contribution in [2.75, 3.05) is 0 Å². The molecule has 0 aromatic carbocycles. The van der Waals surface area contributed by atoms with Gasteiger partial charge in [0.25, 0.3) is 0 Å². The van der Waals surface area contributed by atoms with Gasteiger partial charge in [-0.15, -0.1) is 22.7 Å². The topological polar surface area (TPSA) is 55.1 Å². The van der Waals surface area contributed by atoms with Crippen molar-refractivity contribution < 1.29 is 9.32 Å². The van der Waals surface area contributed by atoms with Crippen LogP contribution in [0.4, 0.5) is 0 Å². The Morgan fingerprint density at radius 1 is 1.29 bits per heavy atom. The van der Waals surface area contributed by atoms with Gasteiger partial charge in [-0.2, -0.15) is 0 Å². The lowest BCUT2D eigenvalue weighted by Gasteiger charge is -1.96. The van der Waals surface area contributed by atoms with E-state index in [0.717, 1.165) is 15.5 Å². The molecule has 3 rings (SSSR count). The first kappa shape index (κ1) is 13.8. The van der Waals surface area contributed by atoms with Crippen molar-refractivity contribution in [3.05, 3.63) is 57.7 Å². The normalized spacial score (nSPS) is 11.0. The molecule has 3 aromatic heterocycles. The van der Waals surface area contributed by atoms with Crippen molar-refractivity contribution in [1.29, 1.82) is 0 Å². The Kier molecular flexibility index (Phi) is 4.28. The largest absolute Gasteiger partial charge is 0.355 e. The van der Waals surface area contributed by atoms with E-state index in [1.54, 1.807) is 28.7 Å². The molecule has 0 aliphatic heterocycles. The maximum atomic E-state index is 11.7. The third-order valence-electron chi connectivity index (χ3n) is 2.71. The summed E-state index contributed by atoms with van der Waals surface area (Å²) in [6.07, 6.45) is 3.31. The zero-order chi connectivity index (χ0) is 14.5. The number of carbonyl (C=O) groups excluding carboxylic acids is 1. The molecule has 0 radical (unpaired) electrons. The molecule has 0 aliphatic carbocycles. The molecule has 0 saturated carbocycles. The molecule has 0 saturated heterocycles. The number of nitrogens with zero attached hydrogens (tertiary/aromatic N) is 1. The zero-order valence-electron chi connectivity index (χ0n) is 11.0. The fourth-order valence-corrected chi connectivity index (χ4v) is 3.00. The Morgan fingerprint density at radius 2 is 2.14 bits per heavy atom. The van der Waals surface area contributed by atoms with E-state index in [2.05, 4.69) is 10.5 Å². The van der Waals surface area contributed by atoms with E-state index in [0.29, 0.717) is 12.2 Å². The summed E-state index contributed by atoms with van der Waals surface area (Å²) in [4.78, 5) is 13.8. The summed E-state index contributed by atoms with van der Waals surface area (Å²) < 4.78 is 5.25. The Balaban J connectivity index is 1.54. The van der Waals surface area contributed by atoms with E-state index < -0.39 is 0 Å². The number of hydrogen-bond donors (Lipinski definition) is 1. The maximum absolute atomic E-state index is 11.7. The highest BCUT2D eigenvalue weighted by molar-refractivity contribution is 7.13. The average Bonchev–Trinajstić information content (AvgIpc) is 3.24. The molecule has 0 spiro atoms. The number of hydrogen-bond acceptors (Lipinski definition) is 5. The molecule has 21 heavy (non-hydrogen) atoms. The van der Waals surface area contributed by atoms with Crippen molar-refractivity contribution in [2.45, 2.75) is 6.54 Å². The lowest BCUT2D eigenvalue weighted by Crippen LogP contribution is -2.20. The Labute approximate surface area is 129 Å². The fraction of sp³-hybridized carbons (Fsp3) is 0.0667. The number of aromatic nitrogens is 1. The molecule has 106 valence electrons. The highest BCUT2D eigenvalue weighted by atomic mass is 32.1. The smallest absolute Gasteiger partial charge is 0.244 e. The zero-order valence-corrected chi connectivity index (χ0v) is 12.6. The van der Waals surface area contributed by atoms with E-state index in [1.165, 1.54) is 6.08 Å². The Bertz CT molecular complexity index is 728. The molecule has 3 heterocycles. The summed E-state index contributed by atoms with van der Waals surface area (Å²) in [5, 5.41) is 10.7. The van der Waals surface area contributed by atoms with Crippen LogP contribution in [0.15, 0.2) is 51.7 Å². The van der Waals surface area contributed by atoms with Gasteiger partial charge in [0.2, 0.25) is 5.91 Å². The molecule has 4 nitrogen and oxygen atoms in total. The van der Waals surface area contributed by atoms with Crippen LogP contribution in [0.1, 0.15) is 10.6 Å². The van der Waals surface area contributed by atoms with E-state index in [-0.39, 0.29) is 5.91 Å². The first-order valence-electron chi connectivity index (χ1n) is 6.30. The minimum atomic E-state index is -0.149. The van der Waals surface area contributed by atoms with Crippen LogP contribution in [0.5, 0.6) is 0 Å². The lowest BCUT2D eigenvalue weighted by molar-refractivity contribution is -0.116. The Morgan fingerprint density at radius 3 is 2.90 bits per heavy atom. The maximum Gasteiger partial charge on any atom is 0.244 e. The summed E-state index contributed by atoms with van der Waals surface area (Å²) in [5.41, 5.74) is 0.705. The van der Waals surface area contributed by atoms with Gasteiger partial charge in [-0.3, -0.25) is 4.79 Å². The van der Waals surface area contributed by atoms with Gasteiger partial charge in [0.15, 0.2) is 5.76 Å². The number of carbonyl (C=O) groups is 1. The van der Waals surface area contributed by atoms with Crippen LogP contribution < -0.4 is 5.32 Å². The minimum absolute atomic E-state index is 0.149. The van der Waals surface area contributed by atoms with Crippen molar-refractivity contribution in [1.82, 2.24) is 10.5 Å². The van der Waals surface area contributed by atoms with Crippen LogP contribution >= 0.6 is 22.7 Å². The minimum Gasteiger partial charge on any atom is -0.355 e. The summed E-state index contributed by atoms with van der Waals surface area (Å²) >= 11 is 3.18. The van der Waals surface area contributed by atoms with Gasteiger partial charge in [-0.05, 0) is 29.0 Å². The second-order valence-corrected chi connectivity index (χ2v) is 6.15. The van der Waals surface area contributed by atoms with Gasteiger partial charge in [-0.25, -0.2) is 0 Å². The summed E-state index contributed by atoms with van der Waals surface area (Å²) in [6, 6.07) is 9.68. The standard InChI is InChI=1S/C15H12N2O2S2/c18-15(6-5-12-3-1-7-20-12)16-10-11-9-13(19-17-11)14-4-2-8-21-14/h1-9H,10H2,(H,16,18)/b6-5+. The molecule has 6 heteroatoms. The van der Waals surface area contributed by atoms with Crippen LogP contribution in [0.3, 0.4) is 0 Å². The predicted octanol–water partition coefficient (Wildman–Crippen LogP) is 3.79.